The van der Waals surface area contributed by atoms with E-state index in [1.54, 1.807) is 45.2 Å². The number of carbonyl (C=O) groups excluding carboxylic acids is 2. The van der Waals surface area contributed by atoms with E-state index >= 15 is 0 Å². The van der Waals surface area contributed by atoms with Gasteiger partial charge in [0.2, 0.25) is 0 Å². The number of carbonyl (C=O) groups is 2. The molecule has 0 unspecified atom stereocenters. The highest BCUT2D eigenvalue weighted by Gasteiger charge is 2.31. The number of benzene rings is 2. The second-order valence-electron chi connectivity index (χ2n) is 11.1. The summed E-state index contributed by atoms with van der Waals surface area (Å²) in [7, 11) is 1.68. The molecule has 1 N–H and O–H groups in total. The molecule has 214 valence electrons. The van der Waals surface area contributed by atoms with E-state index in [0.717, 1.165) is 31.6 Å². The molecule has 1 aliphatic heterocycles. The molecular weight excluding hydrogens is 544 g/mol. The molecule has 2 atom stereocenters. The van der Waals surface area contributed by atoms with Crippen molar-refractivity contribution in [2.24, 2.45) is 7.05 Å². The van der Waals surface area contributed by atoms with Gasteiger partial charge in [0.1, 0.15) is 11.6 Å². The molecule has 1 fully saturated rings. The van der Waals surface area contributed by atoms with Gasteiger partial charge in [0.25, 0.3) is 5.91 Å². The average molecular weight is 577 g/mol. The van der Waals surface area contributed by atoms with Crippen molar-refractivity contribution >= 4 is 44.5 Å². The van der Waals surface area contributed by atoms with Crippen LogP contribution in [0.15, 0.2) is 51.7 Å². The molecule has 2 aromatic heterocycles. The van der Waals surface area contributed by atoms with Crippen molar-refractivity contribution in [1.82, 2.24) is 14.8 Å². The second kappa shape index (κ2) is 11.4. The van der Waals surface area contributed by atoms with E-state index in [0.29, 0.717) is 31.6 Å². The molecule has 10 nitrogen and oxygen atoms in total. The molecule has 0 spiro atoms. The Hall–Kier alpha value is -4.14. The van der Waals surface area contributed by atoms with Crippen LogP contribution in [-0.2, 0) is 27.7 Å². The van der Waals surface area contributed by atoms with Gasteiger partial charge in [-0.1, -0.05) is 12.1 Å². The Bertz CT molecular complexity index is 1710. The van der Waals surface area contributed by atoms with Crippen molar-refractivity contribution in [3.63, 3.8) is 0 Å². The summed E-state index contributed by atoms with van der Waals surface area (Å²) in [5, 5.41) is 13.6. The number of rotatable bonds is 5. The van der Waals surface area contributed by atoms with Crippen molar-refractivity contribution in [2.45, 2.75) is 51.4 Å². The van der Waals surface area contributed by atoms with E-state index in [-0.39, 0.29) is 6.54 Å². The number of nitrogens with one attached hydrogen (secondary N) is 1. The van der Waals surface area contributed by atoms with Gasteiger partial charge >= 0.3 is 11.8 Å². The molecule has 4 aromatic rings. The zero-order valence-corrected chi connectivity index (χ0v) is 24.2. The molecule has 3 heterocycles. The maximum atomic E-state index is 13.1. The van der Waals surface area contributed by atoms with Crippen molar-refractivity contribution in [3.05, 3.63) is 58.6 Å². The zero-order valence-electron chi connectivity index (χ0n) is 23.4. The number of aryl methyl sites for hydroxylation is 1. The minimum Gasteiger partial charge on any atom is -0.444 e. The van der Waals surface area contributed by atoms with Crippen molar-refractivity contribution in [1.29, 1.82) is 5.26 Å². The standard InChI is InChI=1S/C30H32N4O6S/c1-30(2,3)40-29(37)34-10-5-11-38-24(17-34)27(35)32-21(16-31)13-18-6-9-25-20(12-18)15-26(41-25)19-7-8-23-22(14-19)33(4)28(36)39-23/h6-9,12,14-15,21,24H,5,10-11,13,17H2,1-4H3,(H,32,35)/t21-,24-/m0/s1. The van der Waals surface area contributed by atoms with Gasteiger partial charge in [-0.15, -0.1) is 11.3 Å². The Balaban J connectivity index is 1.27. The third-order valence-electron chi connectivity index (χ3n) is 6.79. The number of hydrogen-bond donors (Lipinski definition) is 1. The Morgan fingerprint density at radius 3 is 2.78 bits per heavy atom. The third-order valence-corrected chi connectivity index (χ3v) is 7.96. The zero-order chi connectivity index (χ0) is 29.3. The molecule has 1 saturated heterocycles. The summed E-state index contributed by atoms with van der Waals surface area (Å²) in [4.78, 5) is 40.0. The van der Waals surface area contributed by atoms with E-state index < -0.39 is 35.5 Å². The van der Waals surface area contributed by atoms with E-state index in [1.165, 1.54) is 9.47 Å². The summed E-state index contributed by atoms with van der Waals surface area (Å²) in [6, 6.07) is 15.1. The molecule has 2 amide bonds. The summed E-state index contributed by atoms with van der Waals surface area (Å²) >= 11 is 1.63. The minimum absolute atomic E-state index is 0.0569. The fourth-order valence-electron chi connectivity index (χ4n) is 4.75. The van der Waals surface area contributed by atoms with Crippen LogP contribution in [0, 0.1) is 11.3 Å². The van der Waals surface area contributed by atoms with Crippen LogP contribution in [0.4, 0.5) is 4.79 Å². The van der Waals surface area contributed by atoms with Gasteiger partial charge in [0.15, 0.2) is 11.7 Å². The molecule has 0 aliphatic carbocycles. The van der Waals surface area contributed by atoms with E-state index in [4.69, 9.17) is 13.9 Å². The highest BCUT2D eigenvalue weighted by atomic mass is 32.1. The van der Waals surface area contributed by atoms with Crippen molar-refractivity contribution < 1.29 is 23.5 Å². The SMILES string of the molecule is Cn1c(=O)oc2ccc(-c3cc4cc(C[C@@H](C#N)NC(=O)[C@@H]5CN(C(=O)OC(C)(C)C)CCCO5)ccc4s3)cc21. The van der Waals surface area contributed by atoms with Crippen LogP contribution in [0.3, 0.4) is 0 Å². The van der Waals surface area contributed by atoms with Crippen LogP contribution in [-0.4, -0.2) is 58.9 Å². The third kappa shape index (κ3) is 6.45. The minimum atomic E-state index is -0.894. The van der Waals surface area contributed by atoms with Crippen molar-refractivity contribution in [2.75, 3.05) is 19.7 Å². The number of ether oxygens (including phenoxy) is 2. The van der Waals surface area contributed by atoms with Crippen LogP contribution in [0.1, 0.15) is 32.8 Å². The van der Waals surface area contributed by atoms with E-state index in [9.17, 15) is 19.6 Å². The summed E-state index contributed by atoms with van der Waals surface area (Å²) in [5.74, 6) is -0.835. The lowest BCUT2D eigenvalue weighted by atomic mass is 10.0. The lowest BCUT2D eigenvalue weighted by Gasteiger charge is -2.27. The van der Waals surface area contributed by atoms with Crippen LogP contribution in [0.2, 0.25) is 0 Å². The number of nitrogens with zero attached hydrogens (tertiary/aromatic N) is 3. The molecule has 2 aromatic carbocycles. The van der Waals surface area contributed by atoms with E-state index in [1.807, 2.05) is 30.3 Å². The molecule has 0 radical (unpaired) electrons. The maximum Gasteiger partial charge on any atom is 0.419 e. The first kappa shape index (κ1) is 28.4. The fourth-order valence-corrected chi connectivity index (χ4v) is 5.79. The van der Waals surface area contributed by atoms with Gasteiger partial charge in [0, 0.05) is 36.2 Å². The Kier molecular flexibility index (Phi) is 7.89. The Labute approximate surface area is 241 Å². The number of nitriles is 1. The summed E-state index contributed by atoms with van der Waals surface area (Å²) < 4.78 is 19.0. The number of aromatic nitrogens is 1. The predicted octanol–water partition coefficient (Wildman–Crippen LogP) is 4.59. The van der Waals surface area contributed by atoms with Gasteiger partial charge in [-0.05, 0) is 74.0 Å². The first-order valence-electron chi connectivity index (χ1n) is 13.4. The number of hydrogen-bond acceptors (Lipinski definition) is 8. The molecule has 1 aliphatic rings. The first-order valence-corrected chi connectivity index (χ1v) is 14.2. The van der Waals surface area contributed by atoms with Gasteiger partial charge in [0.05, 0.1) is 18.1 Å². The number of amides is 2. The van der Waals surface area contributed by atoms with Crippen LogP contribution in [0.5, 0.6) is 0 Å². The predicted molar refractivity (Wildman–Crippen MR) is 156 cm³/mol. The van der Waals surface area contributed by atoms with Gasteiger partial charge < -0.3 is 24.1 Å². The van der Waals surface area contributed by atoms with Gasteiger partial charge in [-0.25, -0.2) is 9.59 Å². The van der Waals surface area contributed by atoms with E-state index in [2.05, 4.69) is 17.5 Å². The molecule has 11 heteroatoms. The maximum absolute atomic E-state index is 13.1. The lowest BCUT2D eigenvalue weighted by Crippen LogP contribution is -2.48. The van der Waals surface area contributed by atoms with Crippen molar-refractivity contribution in [3.8, 4) is 16.5 Å². The molecule has 41 heavy (non-hydrogen) atoms. The molecule has 0 bridgehead atoms. The van der Waals surface area contributed by atoms with Crippen LogP contribution >= 0.6 is 11.3 Å². The molecular formula is C30H32N4O6S. The highest BCUT2D eigenvalue weighted by molar-refractivity contribution is 7.22. The number of oxazole rings is 1. The monoisotopic (exact) mass is 576 g/mol. The van der Waals surface area contributed by atoms with Crippen LogP contribution in [0.25, 0.3) is 31.6 Å². The normalized spacial score (nSPS) is 16.8. The number of fused-ring (bicyclic) bond motifs is 2. The Morgan fingerprint density at radius 1 is 1.22 bits per heavy atom. The smallest absolute Gasteiger partial charge is 0.419 e. The first-order chi connectivity index (χ1) is 19.5. The summed E-state index contributed by atoms with van der Waals surface area (Å²) in [5.41, 5.74) is 2.50. The van der Waals surface area contributed by atoms with Gasteiger partial charge in [-0.3, -0.25) is 9.36 Å². The topological polar surface area (TPSA) is 127 Å². The summed E-state index contributed by atoms with van der Waals surface area (Å²) in [6.45, 7) is 6.19. The lowest BCUT2D eigenvalue weighted by molar-refractivity contribution is -0.133. The fraction of sp³-hybridized carbons (Fsp3) is 0.400. The van der Waals surface area contributed by atoms with Crippen LogP contribution < -0.4 is 11.1 Å². The molecule has 0 saturated carbocycles. The molecule has 5 rings (SSSR count). The average Bonchev–Trinajstić information content (AvgIpc) is 3.35. The highest BCUT2D eigenvalue weighted by Crippen LogP contribution is 2.35. The van der Waals surface area contributed by atoms with Gasteiger partial charge in [-0.2, -0.15) is 5.26 Å². The number of thiophene rings is 1. The largest absolute Gasteiger partial charge is 0.444 e. The summed E-state index contributed by atoms with van der Waals surface area (Å²) in [6.07, 6.45) is -0.485. The Morgan fingerprint density at radius 2 is 2.02 bits per heavy atom. The second-order valence-corrected chi connectivity index (χ2v) is 12.2. The quantitative estimate of drug-likeness (QED) is 0.368.